The number of piperazine rings is 1. The van der Waals surface area contributed by atoms with Gasteiger partial charge < -0.3 is 19.4 Å². The summed E-state index contributed by atoms with van der Waals surface area (Å²) in [5.74, 6) is 0.996. The molecule has 1 N–H and O–H groups in total. The Bertz CT molecular complexity index is 1010. The third-order valence-corrected chi connectivity index (χ3v) is 6.04. The predicted molar refractivity (Wildman–Crippen MR) is 121 cm³/mol. The maximum absolute atomic E-state index is 13.6. The van der Waals surface area contributed by atoms with Gasteiger partial charge in [-0.05, 0) is 32.4 Å². The van der Waals surface area contributed by atoms with Crippen molar-refractivity contribution >= 4 is 18.3 Å². The van der Waals surface area contributed by atoms with Crippen LogP contribution in [0.3, 0.4) is 0 Å². The van der Waals surface area contributed by atoms with E-state index in [0.717, 1.165) is 35.9 Å². The topological polar surface area (TPSA) is 55.1 Å². The molecular formula is C23H30ClN5O. The highest BCUT2D eigenvalue weighted by molar-refractivity contribution is 5.96. The molecule has 0 bridgehead atoms. The Morgan fingerprint density at radius 3 is 2.63 bits per heavy atom. The van der Waals surface area contributed by atoms with Crippen molar-refractivity contribution in [1.82, 2.24) is 24.3 Å². The Kier molecular flexibility index (Phi) is 6.68. The summed E-state index contributed by atoms with van der Waals surface area (Å²) in [7, 11) is 1.98. The number of nitrogens with one attached hydrogen (secondary N) is 1. The average molecular weight is 428 g/mol. The normalized spacial score (nSPS) is 17.5. The summed E-state index contributed by atoms with van der Waals surface area (Å²) >= 11 is 0. The lowest BCUT2D eigenvalue weighted by atomic mass is 10.1. The second kappa shape index (κ2) is 9.06. The zero-order valence-corrected chi connectivity index (χ0v) is 18.8. The minimum absolute atomic E-state index is 0. The molecule has 160 valence electrons. The summed E-state index contributed by atoms with van der Waals surface area (Å²) in [6.07, 6.45) is 3.72. The van der Waals surface area contributed by atoms with E-state index in [1.807, 2.05) is 34.8 Å². The van der Waals surface area contributed by atoms with E-state index in [-0.39, 0.29) is 30.4 Å². The van der Waals surface area contributed by atoms with E-state index in [1.54, 1.807) is 6.20 Å². The Morgan fingerprint density at radius 1 is 1.23 bits per heavy atom. The van der Waals surface area contributed by atoms with Gasteiger partial charge in [0.2, 0.25) is 0 Å². The van der Waals surface area contributed by atoms with Gasteiger partial charge in [0.25, 0.3) is 5.91 Å². The van der Waals surface area contributed by atoms with Crippen molar-refractivity contribution in [2.24, 2.45) is 7.05 Å². The second-order valence-electron chi connectivity index (χ2n) is 7.86. The summed E-state index contributed by atoms with van der Waals surface area (Å²) in [5, 5.41) is 3.41. The van der Waals surface area contributed by atoms with Crippen LogP contribution < -0.4 is 5.32 Å². The molecule has 2 aromatic heterocycles. The number of carbonyl (C=O) groups excluding carboxylic acids is 1. The predicted octanol–water partition coefficient (Wildman–Crippen LogP) is 3.66. The van der Waals surface area contributed by atoms with Gasteiger partial charge in [-0.2, -0.15) is 0 Å². The maximum atomic E-state index is 13.6. The lowest BCUT2D eigenvalue weighted by Crippen LogP contribution is -2.49. The van der Waals surface area contributed by atoms with E-state index in [0.29, 0.717) is 6.54 Å². The van der Waals surface area contributed by atoms with E-state index in [4.69, 9.17) is 0 Å². The van der Waals surface area contributed by atoms with Gasteiger partial charge in [-0.15, -0.1) is 12.4 Å². The van der Waals surface area contributed by atoms with Crippen LogP contribution in [0, 0.1) is 13.8 Å². The molecule has 1 aliphatic heterocycles. The third-order valence-electron chi connectivity index (χ3n) is 6.04. The Hall–Kier alpha value is -2.57. The number of rotatable bonds is 4. The number of halogens is 1. The molecule has 0 aliphatic carbocycles. The molecule has 30 heavy (non-hydrogen) atoms. The first kappa shape index (κ1) is 22.1. The first-order chi connectivity index (χ1) is 14.0. The van der Waals surface area contributed by atoms with E-state index in [9.17, 15) is 4.79 Å². The van der Waals surface area contributed by atoms with Gasteiger partial charge in [-0.25, -0.2) is 4.98 Å². The van der Waals surface area contributed by atoms with Crippen molar-refractivity contribution in [3.8, 4) is 0 Å². The van der Waals surface area contributed by atoms with Crippen molar-refractivity contribution in [2.45, 2.75) is 32.9 Å². The zero-order chi connectivity index (χ0) is 20.5. The van der Waals surface area contributed by atoms with Crippen LogP contribution in [0.4, 0.5) is 0 Å². The van der Waals surface area contributed by atoms with Crippen LogP contribution in [0.5, 0.6) is 0 Å². The standard InChI is InChI=1S/C23H29N5O.ClH/c1-16-14-20(18(3)28(16)17(2)19-8-6-5-7-9-19)23(29)27-13-10-24-15-21(27)22-25-11-12-26(22)4;/h5-9,11-12,14,17,21,24H,10,13,15H2,1-4H3;1H. The van der Waals surface area contributed by atoms with Crippen LogP contribution in [0.1, 0.15) is 52.1 Å². The molecule has 0 spiro atoms. The van der Waals surface area contributed by atoms with Crippen LogP contribution in [0.2, 0.25) is 0 Å². The van der Waals surface area contributed by atoms with Crippen LogP contribution >= 0.6 is 12.4 Å². The zero-order valence-electron chi connectivity index (χ0n) is 18.0. The highest BCUT2D eigenvalue weighted by Crippen LogP contribution is 2.29. The number of hydrogen-bond acceptors (Lipinski definition) is 3. The molecule has 6 nitrogen and oxygen atoms in total. The summed E-state index contributed by atoms with van der Waals surface area (Å²) in [4.78, 5) is 20.1. The van der Waals surface area contributed by atoms with E-state index in [1.165, 1.54) is 5.56 Å². The highest BCUT2D eigenvalue weighted by atomic mass is 35.5. The molecule has 1 aromatic carbocycles. The number of hydrogen-bond donors (Lipinski definition) is 1. The molecule has 3 heterocycles. The molecule has 4 rings (SSSR count). The fourth-order valence-electron chi connectivity index (χ4n) is 4.50. The smallest absolute Gasteiger partial charge is 0.256 e. The fourth-order valence-corrected chi connectivity index (χ4v) is 4.50. The Labute approximate surface area is 184 Å². The first-order valence-corrected chi connectivity index (χ1v) is 10.2. The van der Waals surface area contributed by atoms with Crippen molar-refractivity contribution in [2.75, 3.05) is 19.6 Å². The van der Waals surface area contributed by atoms with Crippen molar-refractivity contribution in [3.05, 3.63) is 77.1 Å². The number of aryl methyl sites for hydroxylation is 2. The van der Waals surface area contributed by atoms with Gasteiger partial charge in [0.15, 0.2) is 0 Å². The molecule has 1 aliphatic rings. The molecule has 2 unspecified atom stereocenters. The Morgan fingerprint density at radius 2 is 1.97 bits per heavy atom. The summed E-state index contributed by atoms with van der Waals surface area (Å²) in [5.41, 5.74) is 4.14. The lowest BCUT2D eigenvalue weighted by Gasteiger charge is -2.35. The number of nitrogens with zero attached hydrogens (tertiary/aromatic N) is 4. The molecule has 0 radical (unpaired) electrons. The van der Waals surface area contributed by atoms with Crippen molar-refractivity contribution in [1.29, 1.82) is 0 Å². The van der Waals surface area contributed by atoms with E-state index < -0.39 is 0 Å². The Balaban J connectivity index is 0.00000256. The SMILES string of the molecule is Cc1cc(C(=O)N2CCNCC2c2nccn2C)c(C)n1C(C)c1ccccc1.Cl. The molecule has 1 fully saturated rings. The molecular weight excluding hydrogens is 398 g/mol. The van der Waals surface area contributed by atoms with Crippen LogP contribution in [-0.2, 0) is 7.05 Å². The molecule has 0 saturated carbocycles. The summed E-state index contributed by atoms with van der Waals surface area (Å²) in [6, 6.07) is 12.6. The van der Waals surface area contributed by atoms with Gasteiger partial charge in [-0.3, -0.25) is 4.79 Å². The largest absolute Gasteiger partial charge is 0.341 e. The van der Waals surface area contributed by atoms with Crippen molar-refractivity contribution < 1.29 is 4.79 Å². The van der Waals surface area contributed by atoms with Crippen LogP contribution in [0.25, 0.3) is 0 Å². The number of imidazole rings is 1. The second-order valence-corrected chi connectivity index (χ2v) is 7.86. The van der Waals surface area contributed by atoms with Gasteiger partial charge in [0.1, 0.15) is 11.9 Å². The maximum Gasteiger partial charge on any atom is 0.256 e. The first-order valence-electron chi connectivity index (χ1n) is 10.2. The average Bonchev–Trinajstić information content (AvgIpc) is 3.30. The van der Waals surface area contributed by atoms with Gasteiger partial charge in [-0.1, -0.05) is 30.3 Å². The van der Waals surface area contributed by atoms with Gasteiger partial charge in [0, 0.05) is 50.5 Å². The highest BCUT2D eigenvalue weighted by Gasteiger charge is 2.33. The van der Waals surface area contributed by atoms with Gasteiger partial charge in [0.05, 0.1) is 11.6 Å². The summed E-state index contributed by atoms with van der Waals surface area (Å²) < 4.78 is 4.26. The molecule has 2 atom stereocenters. The number of benzene rings is 1. The van der Waals surface area contributed by atoms with Crippen molar-refractivity contribution in [3.63, 3.8) is 0 Å². The third kappa shape index (κ3) is 3.89. The number of carbonyl (C=O) groups is 1. The molecule has 7 heteroatoms. The lowest BCUT2D eigenvalue weighted by molar-refractivity contribution is 0.0620. The monoisotopic (exact) mass is 427 g/mol. The van der Waals surface area contributed by atoms with Gasteiger partial charge >= 0.3 is 0 Å². The summed E-state index contributed by atoms with van der Waals surface area (Å²) in [6.45, 7) is 8.51. The van der Waals surface area contributed by atoms with E-state index in [2.05, 4.69) is 59.9 Å². The van der Waals surface area contributed by atoms with Crippen LogP contribution in [-0.4, -0.2) is 44.6 Å². The van der Waals surface area contributed by atoms with E-state index >= 15 is 0 Å². The molecule has 1 saturated heterocycles. The quantitative estimate of drug-likeness (QED) is 0.691. The minimum Gasteiger partial charge on any atom is -0.341 e. The number of aromatic nitrogens is 3. The molecule has 1 amide bonds. The number of amides is 1. The minimum atomic E-state index is -0.0640. The fraction of sp³-hybridized carbons (Fsp3) is 0.391. The van der Waals surface area contributed by atoms with Crippen LogP contribution in [0.15, 0.2) is 48.8 Å². The molecule has 3 aromatic rings.